The van der Waals surface area contributed by atoms with Crippen LogP contribution in [0.2, 0.25) is 4.34 Å². The quantitative estimate of drug-likeness (QED) is 0.644. The van der Waals surface area contributed by atoms with Crippen LogP contribution in [-0.2, 0) is 13.1 Å². The third-order valence-corrected chi connectivity index (χ3v) is 4.29. The van der Waals surface area contributed by atoms with E-state index in [0.29, 0.717) is 12.2 Å². The molecule has 2 aromatic rings. The summed E-state index contributed by atoms with van der Waals surface area (Å²) in [6.07, 6.45) is 0. The number of benzene rings is 1. The van der Waals surface area contributed by atoms with Crippen molar-refractivity contribution in [1.82, 2.24) is 4.90 Å². The minimum atomic E-state index is -0.367. The predicted octanol–water partition coefficient (Wildman–Crippen LogP) is 3.98. The lowest BCUT2D eigenvalue weighted by Crippen LogP contribution is -2.17. The topological polar surface area (TPSA) is 58.4 Å². The first-order valence-corrected chi connectivity index (χ1v) is 7.57. The first kappa shape index (κ1) is 15.8. The number of hydrogen-bond acceptors (Lipinski definition) is 5. The first-order valence-electron chi connectivity index (χ1n) is 6.38. The van der Waals surface area contributed by atoms with E-state index in [1.165, 1.54) is 10.9 Å². The highest BCUT2D eigenvalue weighted by atomic mass is 35.5. The maximum absolute atomic E-state index is 11.1. The van der Waals surface area contributed by atoms with Crippen LogP contribution in [-0.4, -0.2) is 23.9 Å². The Balaban J connectivity index is 2.15. The molecule has 1 heterocycles. The lowest BCUT2D eigenvalue weighted by molar-refractivity contribution is -0.384. The van der Waals surface area contributed by atoms with Gasteiger partial charge in [0.2, 0.25) is 0 Å². The molecule has 0 aliphatic heterocycles. The molecule has 5 nitrogen and oxygen atoms in total. The van der Waals surface area contributed by atoms with E-state index in [1.807, 2.05) is 25.2 Å². The summed E-state index contributed by atoms with van der Waals surface area (Å²) in [5.74, 6) is 0. The highest BCUT2D eigenvalue weighted by Gasteiger charge is 2.17. The second-order valence-electron chi connectivity index (χ2n) is 4.70. The zero-order chi connectivity index (χ0) is 15.4. The number of hydrogen-bond donors (Lipinski definition) is 1. The van der Waals surface area contributed by atoms with Gasteiger partial charge in [0, 0.05) is 31.1 Å². The van der Waals surface area contributed by atoms with E-state index in [-0.39, 0.29) is 10.6 Å². The standard InChI is InChI=1S/C14H16ClN3O2S/c1-16-14-10(4-3-5-12(14)18(19)20)8-17(2)9-11-6-7-13(15)21-11/h3-7,16H,8-9H2,1-2H3. The maximum atomic E-state index is 11.1. The van der Waals surface area contributed by atoms with Gasteiger partial charge in [0.15, 0.2) is 0 Å². The fraction of sp³-hybridized carbons (Fsp3) is 0.286. The normalized spacial score (nSPS) is 10.9. The molecule has 0 atom stereocenters. The SMILES string of the molecule is CNc1c(CN(C)Cc2ccc(Cl)s2)cccc1[N+](=O)[O-]. The number of anilines is 1. The zero-order valence-corrected chi connectivity index (χ0v) is 13.4. The van der Waals surface area contributed by atoms with Crippen LogP contribution in [0.3, 0.4) is 0 Å². The number of nitro benzene ring substituents is 1. The van der Waals surface area contributed by atoms with E-state index in [0.717, 1.165) is 16.4 Å². The zero-order valence-electron chi connectivity index (χ0n) is 11.8. The van der Waals surface area contributed by atoms with Crippen molar-refractivity contribution < 1.29 is 4.92 Å². The van der Waals surface area contributed by atoms with Gasteiger partial charge in [-0.2, -0.15) is 0 Å². The van der Waals surface area contributed by atoms with Crippen LogP contribution in [0.4, 0.5) is 11.4 Å². The van der Waals surface area contributed by atoms with Gasteiger partial charge >= 0.3 is 0 Å². The van der Waals surface area contributed by atoms with Gasteiger partial charge in [0.25, 0.3) is 5.69 Å². The van der Waals surface area contributed by atoms with Gasteiger partial charge in [-0.25, -0.2) is 0 Å². The molecular weight excluding hydrogens is 310 g/mol. The van der Waals surface area contributed by atoms with Crippen LogP contribution in [0.1, 0.15) is 10.4 Å². The van der Waals surface area contributed by atoms with E-state index < -0.39 is 0 Å². The highest BCUT2D eigenvalue weighted by molar-refractivity contribution is 7.16. The molecule has 2 rings (SSSR count). The molecule has 0 spiro atoms. The lowest BCUT2D eigenvalue weighted by Gasteiger charge is -2.18. The van der Waals surface area contributed by atoms with Gasteiger partial charge in [-0.05, 0) is 24.7 Å². The molecule has 1 aromatic heterocycles. The average molecular weight is 326 g/mol. The molecule has 112 valence electrons. The third kappa shape index (κ3) is 3.93. The predicted molar refractivity (Wildman–Crippen MR) is 87.1 cm³/mol. The molecule has 0 radical (unpaired) electrons. The second-order valence-corrected chi connectivity index (χ2v) is 6.50. The van der Waals surface area contributed by atoms with Crippen molar-refractivity contribution in [3.8, 4) is 0 Å². The summed E-state index contributed by atoms with van der Waals surface area (Å²) < 4.78 is 0.768. The number of nitro groups is 1. The van der Waals surface area contributed by atoms with Crippen LogP contribution in [0.15, 0.2) is 30.3 Å². The van der Waals surface area contributed by atoms with Crippen LogP contribution in [0.25, 0.3) is 0 Å². The van der Waals surface area contributed by atoms with Crippen molar-refractivity contribution in [1.29, 1.82) is 0 Å². The van der Waals surface area contributed by atoms with E-state index in [2.05, 4.69) is 10.2 Å². The molecule has 0 aliphatic carbocycles. The minimum Gasteiger partial charge on any atom is -0.382 e. The Morgan fingerprint density at radius 2 is 2.10 bits per heavy atom. The van der Waals surface area contributed by atoms with Gasteiger partial charge < -0.3 is 5.32 Å². The molecule has 1 N–H and O–H groups in total. The Labute approximate surface area is 132 Å². The molecule has 0 fully saturated rings. The number of halogens is 1. The Morgan fingerprint density at radius 3 is 2.67 bits per heavy atom. The summed E-state index contributed by atoms with van der Waals surface area (Å²) in [6, 6.07) is 8.99. The highest BCUT2D eigenvalue weighted by Crippen LogP contribution is 2.29. The van der Waals surface area contributed by atoms with Gasteiger partial charge in [-0.1, -0.05) is 23.7 Å². The van der Waals surface area contributed by atoms with Crippen LogP contribution in [0.5, 0.6) is 0 Å². The van der Waals surface area contributed by atoms with Gasteiger partial charge in [0.1, 0.15) is 5.69 Å². The molecule has 7 heteroatoms. The van der Waals surface area contributed by atoms with E-state index in [4.69, 9.17) is 11.6 Å². The number of para-hydroxylation sites is 1. The summed E-state index contributed by atoms with van der Waals surface area (Å²) in [5.41, 5.74) is 1.57. The van der Waals surface area contributed by atoms with E-state index in [1.54, 1.807) is 24.5 Å². The number of nitrogens with one attached hydrogen (secondary N) is 1. The largest absolute Gasteiger partial charge is 0.382 e. The Bertz CT molecular complexity index is 645. The first-order chi connectivity index (χ1) is 10.0. The van der Waals surface area contributed by atoms with Crippen molar-refractivity contribution in [2.24, 2.45) is 0 Å². The summed E-state index contributed by atoms with van der Waals surface area (Å²) in [7, 11) is 3.68. The third-order valence-electron chi connectivity index (χ3n) is 3.07. The summed E-state index contributed by atoms with van der Waals surface area (Å²) in [6.45, 7) is 1.37. The average Bonchev–Trinajstić information content (AvgIpc) is 2.83. The lowest BCUT2D eigenvalue weighted by atomic mass is 10.1. The van der Waals surface area contributed by atoms with Crippen molar-refractivity contribution >= 4 is 34.3 Å². The molecule has 0 amide bonds. The van der Waals surface area contributed by atoms with Crippen LogP contribution in [0, 0.1) is 10.1 Å². The molecule has 0 unspecified atom stereocenters. The summed E-state index contributed by atoms with van der Waals surface area (Å²) in [4.78, 5) is 13.9. The molecule has 0 bridgehead atoms. The van der Waals surface area contributed by atoms with Crippen molar-refractivity contribution in [3.05, 3.63) is 55.2 Å². The molecule has 21 heavy (non-hydrogen) atoms. The van der Waals surface area contributed by atoms with Gasteiger partial charge in [0.05, 0.1) is 9.26 Å². The minimum absolute atomic E-state index is 0.0996. The van der Waals surface area contributed by atoms with E-state index in [9.17, 15) is 10.1 Å². The molecule has 0 saturated carbocycles. The Hall–Kier alpha value is -1.63. The number of thiophene rings is 1. The molecule has 0 aliphatic rings. The van der Waals surface area contributed by atoms with Crippen LogP contribution >= 0.6 is 22.9 Å². The number of rotatable bonds is 6. The monoisotopic (exact) mass is 325 g/mol. The van der Waals surface area contributed by atoms with Crippen molar-refractivity contribution in [2.75, 3.05) is 19.4 Å². The van der Waals surface area contributed by atoms with Gasteiger partial charge in [-0.15, -0.1) is 11.3 Å². The molecule has 0 saturated heterocycles. The Kier molecular flexibility index (Phi) is 5.17. The van der Waals surface area contributed by atoms with Crippen molar-refractivity contribution in [3.63, 3.8) is 0 Å². The second kappa shape index (κ2) is 6.89. The molecular formula is C14H16ClN3O2S. The summed E-state index contributed by atoms with van der Waals surface area (Å²) in [5, 5.41) is 14.0. The van der Waals surface area contributed by atoms with E-state index >= 15 is 0 Å². The Morgan fingerprint density at radius 1 is 1.33 bits per heavy atom. The summed E-state index contributed by atoms with van der Waals surface area (Å²) >= 11 is 7.47. The maximum Gasteiger partial charge on any atom is 0.292 e. The number of nitrogens with zero attached hydrogens (tertiary/aromatic N) is 2. The van der Waals surface area contributed by atoms with Crippen molar-refractivity contribution in [2.45, 2.75) is 13.1 Å². The molecule has 1 aromatic carbocycles. The fourth-order valence-electron chi connectivity index (χ4n) is 2.21. The smallest absolute Gasteiger partial charge is 0.292 e. The van der Waals surface area contributed by atoms with Crippen LogP contribution < -0.4 is 5.32 Å². The fourth-order valence-corrected chi connectivity index (χ4v) is 3.38. The van der Waals surface area contributed by atoms with Gasteiger partial charge in [-0.3, -0.25) is 15.0 Å².